The van der Waals surface area contributed by atoms with E-state index in [0.29, 0.717) is 5.75 Å². The van der Waals surface area contributed by atoms with Gasteiger partial charge >= 0.3 is 5.97 Å². The summed E-state index contributed by atoms with van der Waals surface area (Å²) < 4.78 is 34.4. The van der Waals surface area contributed by atoms with Crippen LogP contribution in [0.25, 0.3) is 0 Å². The molecule has 9 heteroatoms. The fraction of sp³-hybridized carbons (Fsp3) is 0.348. The second-order valence-corrected chi connectivity index (χ2v) is 8.80. The summed E-state index contributed by atoms with van der Waals surface area (Å²) in [5.74, 6) is -5.19. The van der Waals surface area contributed by atoms with Gasteiger partial charge in [0.25, 0.3) is 0 Å². The number of para-hydroxylation sites is 1. The van der Waals surface area contributed by atoms with E-state index in [4.69, 9.17) is 4.74 Å². The zero-order chi connectivity index (χ0) is 23.0. The molecule has 2 aromatic rings. The molecule has 0 bridgehead atoms. The van der Waals surface area contributed by atoms with Crippen LogP contribution in [-0.2, 0) is 19.1 Å². The molecule has 0 aromatic heterocycles. The number of esters is 1. The number of carbonyl (C=O) groups is 3. The average Bonchev–Trinajstić information content (AvgIpc) is 3.27. The van der Waals surface area contributed by atoms with Crippen LogP contribution in [0.2, 0.25) is 0 Å². The van der Waals surface area contributed by atoms with Crippen LogP contribution in [0.1, 0.15) is 18.0 Å². The number of ether oxygens (including phenoxy) is 1. The van der Waals surface area contributed by atoms with E-state index in [-0.39, 0.29) is 17.7 Å². The number of nitrogens with zero attached hydrogens (tertiary/aromatic N) is 1. The van der Waals surface area contributed by atoms with Crippen molar-refractivity contribution in [3.8, 4) is 0 Å². The van der Waals surface area contributed by atoms with Crippen LogP contribution < -0.4 is 10.2 Å². The number of amides is 2. The molecule has 2 aromatic carbocycles. The van der Waals surface area contributed by atoms with Crippen LogP contribution in [0.4, 0.5) is 14.5 Å². The molecule has 4 rings (SSSR count). The number of rotatable bonds is 6. The summed E-state index contributed by atoms with van der Waals surface area (Å²) in [6.45, 7) is 0. The van der Waals surface area contributed by atoms with Gasteiger partial charge in [0.2, 0.25) is 11.8 Å². The van der Waals surface area contributed by atoms with E-state index in [1.54, 1.807) is 6.07 Å². The van der Waals surface area contributed by atoms with E-state index in [1.165, 1.54) is 55.3 Å². The molecule has 4 atom stereocenters. The molecule has 0 spiro atoms. The molecule has 2 heterocycles. The van der Waals surface area contributed by atoms with Crippen LogP contribution >= 0.6 is 11.8 Å². The van der Waals surface area contributed by atoms with Crippen LogP contribution in [0.5, 0.6) is 0 Å². The van der Waals surface area contributed by atoms with Crippen molar-refractivity contribution in [1.82, 2.24) is 5.32 Å². The third-order valence-electron chi connectivity index (χ3n) is 6.24. The molecule has 0 unspecified atom stereocenters. The quantitative estimate of drug-likeness (QED) is 0.528. The maximum absolute atomic E-state index is 14.8. The lowest BCUT2D eigenvalue weighted by molar-refractivity contribution is -0.152. The number of hydrogen-bond acceptors (Lipinski definition) is 6. The summed E-state index contributed by atoms with van der Waals surface area (Å²) in [5, 5.41) is 3.11. The Bertz CT molecular complexity index is 1080. The molecule has 2 aliphatic heterocycles. The SMILES string of the molecule is COC(=O)[C@]1(CCSC)N[C@@H](c2ccccc2F)[C@H]2C(=O)N(c3ccccc3F)C(=O)[C@@H]21. The normalized spacial score (nSPS) is 27.0. The number of anilines is 1. The first-order valence-corrected chi connectivity index (χ1v) is 11.5. The van der Waals surface area contributed by atoms with Gasteiger partial charge < -0.3 is 4.74 Å². The van der Waals surface area contributed by atoms with Crippen molar-refractivity contribution in [2.75, 3.05) is 24.0 Å². The highest BCUT2D eigenvalue weighted by Crippen LogP contribution is 2.52. The highest BCUT2D eigenvalue weighted by molar-refractivity contribution is 7.98. The minimum atomic E-state index is -1.55. The number of hydrogen-bond donors (Lipinski definition) is 1. The average molecular weight is 461 g/mol. The summed E-state index contributed by atoms with van der Waals surface area (Å²) in [6.07, 6.45) is 2.02. The van der Waals surface area contributed by atoms with Crippen molar-refractivity contribution >= 4 is 35.2 Å². The van der Waals surface area contributed by atoms with Crippen LogP contribution in [0, 0.1) is 23.5 Å². The summed E-state index contributed by atoms with van der Waals surface area (Å²) in [7, 11) is 1.20. The van der Waals surface area contributed by atoms with E-state index in [9.17, 15) is 23.2 Å². The lowest BCUT2D eigenvalue weighted by Crippen LogP contribution is -2.56. The molecule has 2 fully saturated rings. The number of fused-ring (bicyclic) bond motifs is 1. The van der Waals surface area contributed by atoms with Gasteiger partial charge in [-0.3, -0.25) is 19.7 Å². The zero-order valence-electron chi connectivity index (χ0n) is 17.5. The Morgan fingerprint density at radius 2 is 1.75 bits per heavy atom. The molecule has 32 heavy (non-hydrogen) atoms. The monoisotopic (exact) mass is 460 g/mol. The molecule has 2 amide bonds. The lowest BCUT2D eigenvalue weighted by Gasteiger charge is -2.32. The Morgan fingerprint density at radius 3 is 2.38 bits per heavy atom. The molecular formula is C23H22F2N2O4S. The second kappa shape index (κ2) is 8.63. The maximum atomic E-state index is 14.8. The van der Waals surface area contributed by atoms with Crippen molar-refractivity contribution in [3.05, 3.63) is 65.7 Å². The molecule has 168 valence electrons. The van der Waals surface area contributed by atoms with Gasteiger partial charge in [-0.1, -0.05) is 30.3 Å². The minimum absolute atomic E-state index is 0.161. The van der Waals surface area contributed by atoms with E-state index >= 15 is 0 Å². The van der Waals surface area contributed by atoms with E-state index in [1.807, 2.05) is 6.26 Å². The predicted molar refractivity (Wildman–Crippen MR) is 116 cm³/mol. The number of thioether (sulfide) groups is 1. The van der Waals surface area contributed by atoms with E-state index in [2.05, 4.69) is 5.32 Å². The van der Waals surface area contributed by atoms with Crippen molar-refractivity contribution < 1.29 is 27.9 Å². The van der Waals surface area contributed by atoms with Gasteiger partial charge in [0.15, 0.2) is 0 Å². The molecule has 2 saturated heterocycles. The largest absolute Gasteiger partial charge is 0.468 e. The molecule has 1 N–H and O–H groups in total. The van der Waals surface area contributed by atoms with Gasteiger partial charge in [-0.15, -0.1) is 0 Å². The fourth-order valence-electron chi connectivity index (χ4n) is 4.83. The Kier molecular flexibility index (Phi) is 6.05. The third-order valence-corrected chi connectivity index (χ3v) is 6.85. The Hall–Kier alpha value is -2.78. The third kappa shape index (κ3) is 3.31. The van der Waals surface area contributed by atoms with E-state index < -0.39 is 52.8 Å². The van der Waals surface area contributed by atoms with Gasteiger partial charge in [-0.25, -0.2) is 13.7 Å². The highest BCUT2D eigenvalue weighted by atomic mass is 32.2. The first kappa shape index (κ1) is 22.4. The molecule has 2 aliphatic rings. The first-order valence-electron chi connectivity index (χ1n) is 10.1. The predicted octanol–water partition coefficient (Wildman–Crippen LogP) is 3.08. The van der Waals surface area contributed by atoms with Gasteiger partial charge in [-0.2, -0.15) is 11.8 Å². The van der Waals surface area contributed by atoms with Crippen LogP contribution in [0.3, 0.4) is 0 Å². The second-order valence-electron chi connectivity index (χ2n) is 7.82. The highest BCUT2D eigenvalue weighted by Gasteiger charge is 2.69. The number of halogens is 2. The first-order chi connectivity index (χ1) is 15.4. The number of methoxy groups -OCH3 is 1. The standard InChI is InChI=1S/C23H22F2N2O4S/c1-31-22(30)23(11-12-32-2)18-17(19(26-23)13-7-3-4-8-14(13)24)20(28)27(21(18)29)16-10-6-5-9-15(16)25/h3-10,17-19,26H,11-12H2,1-2H3/t17-,18+,19-,23+/m0/s1. The number of carbonyl (C=O) groups excluding carboxylic acids is 3. The smallest absolute Gasteiger partial charge is 0.326 e. The molecule has 0 saturated carbocycles. The van der Waals surface area contributed by atoms with Gasteiger partial charge in [0.05, 0.1) is 24.6 Å². The van der Waals surface area contributed by atoms with Gasteiger partial charge in [0, 0.05) is 11.6 Å². The Balaban J connectivity index is 1.90. The summed E-state index contributed by atoms with van der Waals surface area (Å²) >= 11 is 1.46. The summed E-state index contributed by atoms with van der Waals surface area (Å²) in [5.41, 5.74) is -1.58. The van der Waals surface area contributed by atoms with E-state index in [0.717, 1.165) is 11.0 Å². The number of nitrogens with one attached hydrogen (secondary N) is 1. The van der Waals surface area contributed by atoms with Crippen LogP contribution in [0.15, 0.2) is 48.5 Å². The zero-order valence-corrected chi connectivity index (χ0v) is 18.3. The molecular weight excluding hydrogens is 438 g/mol. The minimum Gasteiger partial charge on any atom is -0.468 e. The Labute approximate surface area is 188 Å². The molecule has 0 aliphatic carbocycles. The lowest BCUT2D eigenvalue weighted by atomic mass is 9.78. The Morgan fingerprint density at radius 1 is 1.09 bits per heavy atom. The number of imide groups is 1. The molecule has 6 nitrogen and oxygen atoms in total. The van der Waals surface area contributed by atoms with Crippen molar-refractivity contribution in [2.45, 2.75) is 18.0 Å². The fourth-order valence-corrected chi connectivity index (χ4v) is 5.36. The van der Waals surface area contributed by atoms with Crippen molar-refractivity contribution in [2.24, 2.45) is 11.8 Å². The van der Waals surface area contributed by atoms with Crippen molar-refractivity contribution in [1.29, 1.82) is 0 Å². The topological polar surface area (TPSA) is 75.7 Å². The summed E-state index contributed by atoms with van der Waals surface area (Å²) in [6, 6.07) is 10.4. The van der Waals surface area contributed by atoms with Gasteiger partial charge in [0.1, 0.15) is 17.2 Å². The summed E-state index contributed by atoms with van der Waals surface area (Å²) in [4.78, 5) is 41.0. The maximum Gasteiger partial charge on any atom is 0.326 e. The number of benzene rings is 2. The van der Waals surface area contributed by atoms with Crippen LogP contribution in [-0.4, -0.2) is 42.4 Å². The van der Waals surface area contributed by atoms with Crippen molar-refractivity contribution in [3.63, 3.8) is 0 Å². The van der Waals surface area contributed by atoms with Gasteiger partial charge in [-0.05, 0) is 36.6 Å². The molecule has 0 radical (unpaired) electrons.